The van der Waals surface area contributed by atoms with Crippen molar-refractivity contribution < 1.29 is 23.1 Å². The Bertz CT molecular complexity index is 535. The molecule has 6 heteroatoms. The molecule has 0 aliphatic carbocycles. The second kappa shape index (κ2) is 5.87. The first kappa shape index (κ1) is 13.8. The summed E-state index contributed by atoms with van der Waals surface area (Å²) in [5.74, 6) is -3.76. The number of halogens is 2. The van der Waals surface area contributed by atoms with Crippen LogP contribution in [0.2, 0.25) is 0 Å². The van der Waals surface area contributed by atoms with Gasteiger partial charge in [-0.05, 0) is 19.1 Å². The van der Waals surface area contributed by atoms with Gasteiger partial charge in [-0.3, -0.25) is 9.59 Å². The molecule has 0 bridgehead atoms. The number of nitriles is 1. The Hall–Kier alpha value is -2.29. The number of hydrogen-bond donors (Lipinski definition) is 0. The van der Waals surface area contributed by atoms with Crippen LogP contribution >= 0.6 is 0 Å². The van der Waals surface area contributed by atoms with E-state index in [1.807, 2.05) is 0 Å². The summed E-state index contributed by atoms with van der Waals surface area (Å²) in [5, 5.41) is 8.47. The van der Waals surface area contributed by atoms with E-state index in [-0.39, 0.29) is 6.61 Å². The molecule has 0 aromatic heterocycles. The third-order valence-electron chi connectivity index (χ3n) is 2.09. The molecule has 0 radical (unpaired) electrons. The van der Waals surface area contributed by atoms with Crippen LogP contribution in [0.4, 0.5) is 8.78 Å². The van der Waals surface area contributed by atoms with Crippen LogP contribution in [-0.4, -0.2) is 18.4 Å². The lowest BCUT2D eigenvalue weighted by Crippen LogP contribution is -2.13. The van der Waals surface area contributed by atoms with Crippen molar-refractivity contribution in [2.45, 2.75) is 13.3 Å². The number of esters is 1. The number of rotatable bonds is 4. The van der Waals surface area contributed by atoms with Crippen molar-refractivity contribution >= 4 is 11.8 Å². The zero-order valence-corrected chi connectivity index (χ0v) is 9.50. The zero-order valence-electron chi connectivity index (χ0n) is 9.50. The highest BCUT2D eigenvalue weighted by Crippen LogP contribution is 2.16. The van der Waals surface area contributed by atoms with Gasteiger partial charge in [0.05, 0.1) is 17.7 Å². The minimum absolute atomic E-state index is 0.0936. The highest BCUT2D eigenvalue weighted by molar-refractivity contribution is 6.06. The third-order valence-corrected chi connectivity index (χ3v) is 2.09. The molecule has 0 saturated heterocycles. The van der Waals surface area contributed by atoms with E-state index < -0.39 is 40.9 Å². The lowest BCUT2D eigenvalue weighted by atomic mass is 10.0. The van der Waals surface area contributed by atoms with E-state index >= 15 is 0 Å². The summed E-state index contributed by atoms with van der Waals surface area (Å²) in [6, 6.07) is 2.67. The van der Waals surface area contributed by atoms with E-state index in [0.29, 0.717) is 12.1 Å². The van der Waals surface area contributed by atoms with Crippen LogP contribution in [0.15, 0.2) is 12.1 Å². The molecule has 0 saturated carbocycles. The minimum atomic E-state index is -1.04. The van der Waals surface area contributed by atoms with E-state index in [0.717, 1.165) is 0 Å². The lowest BCUT2D eigenvalue weighted by Gasteiger charge is -2.04. The van der Waals surface area contributed by atoms with Gasteiger partial charge >= 0.3 is 5.97 Å². The van der Waals surface area contributed by atoms with Crippen molar-refractivity contribution in [3.63, 3.8) is 0 Å². The highest BCUT2D eigenvalue weighted by Gasteiger charge is 2.19. The Morgan fingerprint density at radius 1 is 1.33 bits per heavy atom. The summed E-state index contributed by atoms with van der Waals surface area (Å²) in [6.07, 6.45) is -0.671. The van der Waals surface area contributed by atoms with Crippen molar-refractivity contribution in [3.8, 4) is 6.07 Å². The predicted octanol–water partition coefficient (Wildman–Crippen LogP) is 1.97. The molecule has 0 aliphatic rings. The Morgan fingerprint density at radius 3 is 2.56 bits per heavy atom. The molecular formula is C12H9F2NO3. The summed E-state index contributed by atoms with van der Waals surface area (Å²) in [4.78, 5) is 22.5. The summed E-state index contributed by atoms with van der Waals surface area (Å²) < 4.78 is 31.2. The monoisotopic (exact) mass is 253 g/mol. The van der Waals surface area contributed by atoms with Crippen molar-refractivity contribution in [2.24, 2.45) is 0 Å². The average Bonchev–Trinajstić information content (AvgIpc) is 2.31. The molecule has 18 heavy (non-hydrogen) atoms. The molecule has 1 aromatic rings. The molecule has 1 rings (SSSR count). The molecule has 0 atom stereocenters. The average molecular weight is 253 g/mol. The number of carbonyl (C=O) groups is 2. The summed E-state index contributed by atoms with van der Waals surface area (Å²) in [7, 11) is 0. The standard InChI is InChI=1S/C12H9F2NO3/c1-2-18-12(17)5-11(16)8-4-9(13)7(6-15)3-10(8)14/h3-4H,2,5H2,1H3. The molecule has 0 spiro atoms. The van der Waals surface area contributed by atoms with E-state index in [1.54, 1.807) is 6.92 Å². The second-order valence-electron chi connectivity index (χ2n) is 3.33. The third kappa shape index (κ3) is 3.10. The number of benzene rings is 1. The highest BCUT2D eigenvalue weighted by atomic mass is 19.1. The van der Waals surface area contributed by atoms with Gasteiger partial charge in [0.25, 0.3) is 0 Å². The number of hydrogen-bond acceptors (Lipinski definition) is 4. The van der Waals surface area contributed by atoms with E-state index in [9.17, 15) is 18.4 Å². The van der Waals surface area contributed by atoms with Gasteiger partial charge in [-0.2, -0.15) is 5.26 Å². The van der Waals surface area contributed by atoms with E-state index in [1.165, 1.54) is 6.07 Å². The molecule has 4 nitrogen and oxygen atoms in total. The number of ether oxygens (including phenoxy) is 1. The van der Waals surface area contributed by atoms with Crippen LogP contribution in [0.1, 0.15) is 29.3 Å². The van der Waals surface area contributed by atoms with Crippen molar-refractivity contribution in [3.05, 3.63) is 34.9 Å². The maximum atomic E-state index is 13.4. The Labute approximate surface area is 102 Å². The Balaban J connectivity index is 2.97. The van der Waals surface area contributed by atoms with Crippen LogP contribution in [0.5, 0.6) is 0 Å². The first-order valence-electron chi connectivity index (χ1n) is 5.07. The zero-order chi connectivity index (χ0) is 13.7. The first-order chi connectivity index (χ1) is 8.49. The van der Waals surface area contributed by atoms with E-state index in [2.05, 4.69) is 4.74 Å². The SMILES string of the molecule is CCOC(=O)CC(=O)c1cc(F)c(C#N)cc1F. The molecular weight excluding hydrogens is 244 g/mol. The van der Waals surface area contributed by atoms with Gasteiger partial charge < -0.3 is 4.74 Å². The minimum Gasteiger partial charge on any atom is -0.466 e. The topological polar surface area (TPSA) is 67.2 Å². The summed E-state index contributed by atoms with van der Waals surface area (Å²) >= 11 is 0. The maximum absolute atomic E-state index is 13.4. The van der Waals surface area contributed by atoms with Crippen LogP contribution in [0.3, 0.4) is 0 Å². The summed E-state index contributed by atoms with van der Waals surface area (Å²) in [6.45, 7) is 1.65. The van der Waals surface area contributed by atoms with Crippen molar-refractivity contribution in [2.75, 3.05) is 6.61 Å². The fourth-order valence-electron chi connectivity index (χ4n) is 1.28. The van der Waals surface area contributed by atoms with Crippen LogP contribution in [0.25, 0.3) is 0 Å². The quantitative estimate of drug-likeness (QED) is 0.467. The molecule has 1 aromatic carbocycles. The maximum Gasteiger partial charge on any atom is 0.313 e. The van der Waals surface area contributed by atoms with Crippen LogP contribution in [-0.2, 0) is 9.53 Å². The second-order valence-corrected chi connectivity index (χ2v) is 3.33. The molecule has 0 heterocycles. The Kier molecular flexibility index (Phi) is 4.49. The molecule has 94 valence electrons. The van der Waals surface area contributed by atoms with Gasteiger partial charge in [0.1, 0.15) is 24.1 Å². The van der Waals surface area contributed by atoms with Gasteiger partial charge in [-0.15, -0.1) is 0 Å². The normalized spacial score (nSPS) is 9.67. The molecule has 0 aliphatic heterocycles. The Morgan fingerprint density at radius 2 is 2.00 bits per heavy atom. The van der Waals surface area contributed by atoms with Crippen molar-refractivity contribution in [1.29, 1.82) is 5.26 Å². The fraction of sp³-hybridized carbons (Fsp3) is 0.250. The number of carbonyl (C=O) groups excluding carboxylic acids is 2. The first-order valence-corrected chi connectivity index (χ1v) is 5.07. The lowest BCUT2D eigenvalue weighted by molar-refractivity contribution is -0.141. The van der Waals surface area contributed by atoms with Crippen molar-refractivity contribution in [1.82, 2.24) is 0 Å². The number of Topliss-reactive ketones (excluding diaryl/α,β-unsaturated/α-hetero) is 1. The fourth-order valence-corrected chi connectivity index (χ4v) is 1.28. The largest absolute Gasteiger partial charge is 0.466 e. The number of nitrogens with zero attached hydrogens (tertiary/aromatic N) is 1. The molecule has 0 N–H and O–H groups in total. The van der Waals surface area contributed by atoms with Gasteiger partial charge in [-0.25, -0.2) is 8.78 Å². The van der Waals surface area contributed by atoms with Gasteiger partial charge in [0.15, 0.2) is 5.78 Å². The molecule has 0 fully saturated rings. The number of ketones is 1. The van der Waals surface area contributed by atoms with E-state index in [4.69, 9.17) is 5.26 Å². The van der Waals surface area contributed by atoms with Crippen LogP contribution in [0, 0.1) is 23.0 Å². The van der Waals surface area contributed by atoms with Crippen LogP contribution < -0.4 is 0 Å². The van der Waals surface area contributed by atoms with Gasteiger partial charge in [0, 0.05) is 0 Å². The molecule has 0 amide bonds. The smallest absolute Gasteiger partial charge is 0.313 e. The predicted molar refractivity (Wildman–Crippen MR) is 56.7 cm³/mol. The van der Waals surface area contributed by atoms with Gasteiger partial charge in [0.2, 0.25) is 0 Å². The summed E-state index contributed by atoms with van der Waals surface area (Å²) in [5.41, 5.74) is -1.07. The molecule has 0 unspecified atom stereocenters. The van der Waals surface area contributed by atoms with Gasteiger partial charge in [-0.1, -0.05) is 0 Å².